The van der Waals surface area contributed by atoms with E-state index in [1.165, 1.54) is 0 Å². The van der Waals surface area contributed by atoms with Crippen molar-refractivity contribution in [2.24, 2.45) is 0 Å². The number of hydrogen-bond donors (Lipinski definition) is 0. The lowest BCUT2D eigenvalue weighted by Crippen LogP contribution is -2.21. The highest BCUT2D eigenvalue weighted by Gasteiger charge is 1.76. The van der Waals surface area contributed by atoms with Crippen LogP contribution in [0.3, 0.4) is 0 Å². The monoisotopic (exact) mass is 151 g/mol. The largest absolute Gasteiger partial charge is 0.550 e. The summed E-state index contributed by atoms with van der Waals surface area (Å²) in [6.45, 7) is 0. The second-order valence-corrected chi connectivity index (χ2v) is 1.60. The summed E-state index contributed by atoms with van der Waals surface area (Å²) in [5.74, 6) is -1.01. The molecule has 0 aliphatic rings. The fourth-order valence-electron chi connectivity index (χ4n) is 0.0772. The molecule has 0 radical (unpaired) electrons. The van der Waals surface area contributed by atoms with Gasteiger partial charge >= 0.3 is 0 Å². The average molecular weight is 152 g/mol. The van der Waals surface area contributed by atoms with E-state index in [1.54, 1.807) is 0 Å². The van der Waals surface area contributed by atoms with Gasteiger partial charge in [0.25, 0.3) is 0 Å². The van der Waals surface area contributed by atoms with Crippen LogP contribution in [0.1, 0.15) is 6.42 Å². The minimum atomic E-state index is -1.01. The SMILES string of the molecule is O=C([O-])CCBr. The van der Waals surface area contributed by atoms with Gasteiger partial charge < -0.3 is 9.90 Å². The van der Waals surface area contributed by atoms with Gasteiger partial charge in [0.05, 0.1) is 0 Å². The van der Waals surface area contributed by atoms with Crippen molar-refractivity contribution in [1.82, 2.24) is 0 Å². The van der Waals surface area contributed by atoms with Crippen LogP contribution in [0.4, 0.5) is 0 Å². The summed E-state index contributed by atoms with van der Waals surface area (Å²) < 4.78 is 0. The zero-order chi connectivity index (χ0) is 4.99. The minimum Gasteiger partial charge on any atom is -0.550 e. The van der Waals surface area contributed by atoms with Crippen molar-refractivity contribution < 1.29 is 9.90 Å². The van der Waals surface area contributed by atoms with Gasteiger partial charge in [0.15, 0.2) is 0 Å². The van der Waals surface area contributed by atoms with Crippen LogP contribution < -0.4 is 5.11 Å². The van der Waals surface area contributed by atoms with E-state index in [2.05, 4.69) is 15.9 Å². The maximum atomic E-state index is 9.46. The third-order valence-electron chi connectivity index (χ3n) is 0.299. The Morgan fingerprint density at radius 1 is 1.83 bits per heavy atom. The fraction of sp³-hybridized carbons (Fsp3) is 0.667. The van der Waals surface area contributed by atoms with Crippen molar-refractivity contribution >= 4 is 21.9 Å². The van der Waals surface area contributed by atoms with E-state index >= 15 is 0 Å². The van der Waals surface area contributed by atoms with E-state index in [0.717, 1.165) is 0 Å². The number of alkyl halides is 1. The molecule has 0 saturated carbocycles. The average Bonchev–Trinajstić information content (AvgIpc) is 1.35. The molecule has 0 aliphatic heterocycles. The molecule has 0 spiro atoms. The molecule has 0 rings (SSSR count). The standard InChI is InChI=1S/C3H5BrO2/c4-2-1-3(5)6/h1-2H2,(H,5,6)/p-1. The number of hydrogen-bond acceptors (Lipinski definition) is 2. The summed E-state index contributed by atoms with van der Waals surface area (Å²) in [7, 11) is 0. The topological polar surface area (TPSA) is 40.1 Å². The third kappa shape index (κ3) is 3.95. The number of rotatable bonds is 2. The lowest BCUT2D eigenvalue weighted by molar-refractivity contribution is -0.305. The quantitative estimate of drug-likeness (QED) is 0.501. The number of carboxylic acids is 1. The number of aliphatic carboxylic acids is 1. The van der Waals surface area contributed by atoms with Crippen molar-refractivity contribution in [3.8, 4) is 0 Å². The molecule has 0 aromatic heterocycles. The molecular weight excluding hydrogens is 148 g/mol. The lowest BCUT2D eigenvalue weighted by atomic mass is 10.5. The Morgan fingerprint density at radius 2 is 2.33 bits per heavy atom. The number of carboxylic acid groups (broad SMARTS) is 1. The summed E-state index contributed by atoms with van der Waals surface area (Å²) in [6, 6.07) is 0. The van der Waals surface area contributed by atoms with Gasteiger partial charge in [-0.25, -0.2) is 0 Å². The molecule has 0 unspecified atom stereocenters. The first-order valence-corrected chi connectivity index (χ1v) is 2.65. The second kappa shape index (κ2) is 3.15. The summed E-state index contributed by atoms with van der Waals surface area (Å²) in [4.78, 5) is 9.46. The molecule has 0 bridgehead atoms. The van der Waals surface area contributed by atoms with Crippen molar-refractivity contribution in [1.29, 1.82) is 0 Å². The molecule has 0 amide bonds. The molecule has 0 aromatic rings. The Labute approximate surface area is 44.3 Å². The van der Waals surface area contributed by atoms with E-state index in [4.69, 9.17) is 0 Å². The molecule has 2 nitrogen and oxygen atoms in total. The van der Waals surface area contributed by atoms with Gasteiger partial charge in [-0.1, -0.05) is 15.9 Å². The minimum absolute atomic E-state index is 0.0972. The normalized spacial score (nSPS) is 8.17. The highest BCUT2D eigenvalue weighted by Crippen LogP contribution is 1.82. The summed E-state index contributed by atoms with van der Waals surface area (Å²) in [6.07, 6.45) is 0.0972. The molecule has 0 fully saturated rings. The first kappa shape index (κ1) is 5.95. The van der Waals surface area contributed by atoms with Crippen LogP contribution in [-0.2, 0) is 4.79 Å². The van der Waals surface area contributed by atoms with Crippen molar-refractivity contribution in [3.63, 3.8) is 0 Å². The van der Waals surface area contributed by atoms with Gasteiger partial charge in [0, 0.05) is 11.3 Å². The number of halogens is 1. The Hall–Kier alpha value is -0.0500. The smallest absolute Gasteiger partial charge is 0.0422 e. The Kier molecular flexibility index (Phi) is 3.13. The molecule has 0 saturated heterocycles. The first-order valence-electron chi connectivity index (χ1n) is 1.53. The Bertz CT molecular complexity index is 52.8. The summed E-state index contributed by atoms with van der Waals surface area (Å²) >= 11 is 2.93. The molecule has 36 valence electrons. The van der Waals surface area contributed by atoms with Gasteiger partial charge in [0.1, 0.15) is 0 Å². The second-order valence-electron chi connectivity index (χ2n) is 0.811. The Balaban J connectivity index is 2.83. The van der Waals surface area contributed by atoms with Crippen molar-refractivity contribution in [3.05, 3.63) is 0 Å². The van der Waals surface area contributed by atoms with E-state index in [-0.39, 0.29) is 6.42 Å². The van der Waals surface area contributed by atoms with E-state index in [9.17, 15) is 9.90 Å². The van der Waals surface area contributed by atoms with E-state index < -0.39 is 5.97 Å². The maximum Gasteiger partial charge on any atom is 0.0422 e. The predicted molar refractivity (Wildman–Crippen MR) is 23.4 cm³/mol. The highest BCUT2D eigenvalue weighted by atomic mass is 79.9. The van der Waals surface area contributed by atoms with Crippen LogP contribution in [0.15, 0.2) is 0 Å². The molecule has 0 N–H and O–H groups in total. The predicted octanol–water partition coefficient (Wildman–Crippen LogP) is -0.479. The summed E-state index contributed by atoms with van der Waals surface area (Å²) in [5.41, 5.74) is 0. The van der Waals surface area contributed by atoms with Crippen LogP contribution in [0.2, 0.25) is 0 Å². The van der Waals surface area contributed by atoms with Crippen LogP contribution in [-0.4, -0.2) is 11.3 Å². The lowest BCUT2D eigenvalue weighted by Gasteiger charge is -1.91. The summed E-state index contributed by atoms with van der Waals surface area (Å²) in [5, 5.41) is 9.94. The molecule has 0 aromatic carbocycles. The number of carbonyl (C=O) groups excluding carboxylic acids is 1. The molecule has 0 heterocycles. The molecule has 3 heteroatoms. The fourth-order valence-corrected chi connectivity index (χ4v) is 0.401. The van der Waals surface area contributed by atoms with Gasteiger partial charge in [-0.2, -0.15) is 0 Å². The maximum absolute atomic E-state index is 9.46. The zero-order valence-corrected chi connectivity index (χ0v) is 4.69. The molecule has 6 heavy (non-hydrogen) atoms. The first-order chi connectivity index (χ1) is 2.77. The van der Waals surface area contributed by atoms with E-state index in [1.807, 2.05) is 0 Å². The van der Waals surface area contributed by atoms with Gasteiger partial charge in [-0.15, -0.1) is 0 Å². The van der Waals surface area contributed by atoms with E-state index in [0.29, 0.717) is 5.33 Å². The Morgan fingerprint density at radius 3 is 2.33 bits per heavy atom. The third-order valence-corrected chi connectivity index (χ3v) is 0.695. The molecular formula is C3H4BrO2-. The van der Waals surface area contributed by atoms with Crippen molar-refractivity contribution in [2.75, 3.05) is 5.33 Å². The van der Waals surface area contributed by atoms with Crippen LogP contribution in [0.25, 0.3) is 0 Å². The van der Waals surface area contributed by atoms with Crippen LogP contribution in [0, 0.1) is 0 Å². The highest BCUT2D eigenvalue weighted by molar-refractivity contribution is 9.09. The zero-order valence-electron chi connectivity index (χ0n) is 3.11. The van der Waals surface area contributed by atoms with Crippen LogP contribution >= 0.6 is 15.9 Å². The number of carbonyl (C=O) groups is 1. The van der Waals surface area contributed by atoms with Crippen molar-refractivity contribution in [2.45, 2.75) is 6.42 Å². The molecule has 0 aliphatic carbocycles. The molecule has 0 atom stereocenters. The van der Waals surface area contributed by atoms with Gasteiger partial charge in [-0.05, 0) is 6.42 Å². The van der Waals surface area contributed by atoms with Gasteiger partial charge in [-0.3, -0.25) is 0 Å². The van der Waals surface area contributed by atoms with Gasteiger partial charge in [0.2, 0.25) is 0 Å². The van der Waals surface area contributed by atoms with Crippen LogP contribution in [0.5, 0.6) is 0 Å².